The Morgan fingerprint density at radius 2 is 1.85 bits per heavy atom. The SMILES string of the molecule is CCN(CCO)c1ccc(/C=N\NS(=O)(=O)c2ccc(C)cc2)c(C)c1. The van der Waals surface area contributed by atoms with E-state index in [1.165, 1.54) is 6.21 Å². The Hall–Kier alpha value is -2.38. The van der Waals surface area contributed by atoms with Crippen molar-refractivity contribution in [1.82, 2.24) is 4.83 Å². The first-order valence-corrected chi connectivity index (χ1v) is 9.93. The second kappa shape index (κ2) is 8.82. The average Bonchev–Trinajstić information content (AvgIpc) is 2.61. The second-order valence-electron chi connectivity index (χ2n) is 6.01. The molecule has 0 saturated carbocycles. The molecule has 2 aromatic rings. The summed E-state index contributed by atoms with van der Waals surface area (Å²) in [6.07, 6.45) is 1.49. The number of hydrogen-bond acceptors (Lipinski definition) is 5. The minimum Gasteiger partial charge on any atom is -0.395 e. The van der Waals surface area contributed by atoms with Gasteiger partial charge in [0.15, 0.2) is 0 Å². The number of hydrazone groups is 1. The molecule has 2 rings (SSSR count). The van der Waals surface area contributed by atoms with Crippen LogP contribution >= 0.6 is 0 Å². The summed E-state index contributed by atoms with van der Waals surface area (Å²) in [7, 11) is -3.68. The normalized spacial score (nSPS) is 11.7. The molecule has 0 aliphatic rings. The van der Waals surface area contributed by atoms with Crippen LogP contribution < -0.4 is 9.73 Å². The molecule has 0 aliphatic heterocycles. The first-order valence-electron chi connectivity index (χ1n) is 8.45. The zero-order valence-corrected chi connectivity index (χ0v) is 16.1. The highest BCUT2D eigenvalue weighted by Crippen LogP contribution is 2.18. The lowest BCUT2D eigenvalue weighted by molar-refractivity contribution is 0.302. The summed E-state index contributed by atoms with van der Waals surface area (Å²) in [6, 6.07) is 12.4. The van der Waals surface area contributed by atoms with Gasteiger partial charge in [-0.2, -0.15) is 13.5 Å². The van der Waals surface area contributed by atoms with Gasteiger partial charge >= 0.3 is 0 Å². The molecule has 7 heteroatoms. The minimum atomic E-state index is -3.68. The standard InChI is InChI=1S/C19H25N3O3S/c1-4-22(11-12-23)18-8-7-17(16(3)13-18)14-20-21-26(24,25)19-9-5-15(2)6-10-19/h5-10,13-14,21,23H,4,11-12H2,1-3H3/b20-14-. The van der Waals surface area contributed by atoms with Crippen LogP contribution in [-0.2, 0) is 10.0 Å². The Morgan fingerprint density at radius 1 is 1.15 bits per heavy atom. The van der Waals surface area contributed by atoms with Crippen molar-refractivity contribution in [3.05, 3.63) is 59.2 Å². The number of hydrogen-bond donors (Lipinski definition) is 2. The van der Waals surface area contributed by atoms with Crippen molar-refractivity contribution in [3.63, 3.8) is 0 Å². The molecular formula is C19H25N3O3S. The van der Waals surface area contributed by atoms with Crippen LogP contribution in [0.25, 0.3) is 0 Å². The number of sulfonamides is 1. The summed E-state index contributed by atoms with van der Waals surface area (Å²) >= 11 is 0. The lowest BCUT2D eigenvalue weighted by atomic mass is 10.1. The van der Waals surface area contributed by atoms with Gasteiger partial charge in [-0.15, -0.1) is 0 Å². The average molecular weight is 375 g/mol. The molecule has 0 aliphatic carbocycles. The quantitative estimate of drug-likeness (QED) is 0.548. The lowest BCUT2D eigenvalue weighted by Gasteiger charge is -2.22. The zero-order chi connectivity index (χ0) is 19.2. The van der Waals surface area contributed by atoms with Gasteiger partial charge in [0, 0.05) is 18.8 Å². The molecule has 0 saturated heterocycles. The molecule has 0 bridgehead atoms. The molecule has 6 nitrogen and oxygen atoms in total. The molecular weight excluding hydrogens is 350 g/mol. The number of anilines is 1. The Labute approximate surface area is 155 Å². The molecule has 0 unspecified atom stereocenters. The van der Waals surface area contributed by atoms with E-state index in [1.807, 2.05) is 39.0 Å². The van der Waals surface area contributed by atoms with Gasteiger partial charge in [0.25, 0.3) is 10.0 Å². The number of benzene rings is 2. The van der Waals surface area contributed by atoms with Crippen molar-refractivity contribution in [2.75, 3.05) is 24.6 Å². The first-order chi connectivity index (χ1) is 12.4. The van der Waals surface area contributed by atoms with E-state index in [0.29, 0.717) is 6.54 Å². The number of nitrogens with zero attached hydrogens (tertiary/aromatic N) is 2. The highest BCUT2D eigenvalue weighted by Gasteiger charge is 2.12. The highest BCUT2D eigenvalue weighted by atomic mass is 32.2. The number of rotatable bonds is 8. The van der Waals surface area contributed by atoms with Gasteiger partial charge in [-0.25, -0.2) is 4.83 Å². The number of nitrogens with one attached hydrogen (secondary N) is 1. The molecule has 0 radical (unpaired) electrons. The summed E-state index contributed by atoms with van der Waals surface area (Å²) in [5.41, 5.74) is 3.79. The summed E-state index contributed by atoms with van der Waals surface area (Å²) < 4.78 is 24.4. The summed E-state index contributed by atoms with van der Waals surface area (Å²) in [6.45, 7) is 7.32. The molecule has 140 valence electrons. The van der Waals surface area contributed by atoms with Crippen molar-refractivity contribution in [1.29, 1.82) is 0 Å². The van der Waals surface area contributed by atoms with Gasteiger partial charge in [0.1, 0.15) is 0 Å². The fourth-order valence-corrected chi connectivity index (χ4v) is 3.32. The fourth-order valence-electron chi connectivity index (χ4n) is 2.53. The van der Waals surface area contributed by atoms with Crippen molar-refractivity contribution in [3.8, 4) is 0 Å². The van der Waals surface area contributed by atoms with E-state index in [4.69, 9.17) is 5.11 Å². The van der Waals surface area contributed by atoms with Crippen LogP contribution in [0.1, 0.15) is 23.6 Å². The minimum absolute atomic E-state index is 0.0941. The van der Waals surface area contributed by atoms with Crippen molar-refractivity contribution < 1.29 is 13.5 Å². The van der Waals surface area contributed by atoms with E-state index >= 15 is 0 Å². The third-order valence-electron chi connectivity index (χ3n) is 4.08. The number of aliphatic hydroxyl groups is 1. The summed E-state index contributed by atoms with van der Waals surface area (Å²) in [5, 5.41) is 13.0. The first kappa shape index (κ1) is 19.9. The van der Waals surface area contributed by atoms with Gasteiger partial charge in [-0.1, -0.05) is 23.8 Å². The van der Waals surface area contributed by atoms with Gasteiger partial charge in [0.2, 0.25) is 0 Å². The van der Waals surface area contributed by atoms with E-state index in [1.54, 1.807) is 24.3 Å². The predicted octanol–water partition coefficient (Wildman–Crippen LogP) is 2.43. The lowest BCUT2D eigenvalue weighted by Crippen LogP contribution is -2.26. The zero-order valence-electron chi connectivity index (χ0n) is 15.3. The van der Waals surface area contributed by atoms with Crippen LogP contribution in [-0.4, -0.2) is 39.4 Å². The number of aryl methyl sites for hydroxylation is 2. The number of aliphatic hydroxyl groups excluding tert-OH is 1. The third kappa shape index (κ3) is 5.06. The van der Waals surface area contributed by atoms with E-state index in [0.717, 1.165) is 28.9 Å². The van der Waals surface area contributed by atoms with E-state index in [9.17, 15) is 8.42 Å². The van der Waals surface area contributed by atoms with Gasteiger partial charge < -0.3 is 10.0 Å². The maximum Gasteiger partial charge on any atom is 0.276 e. The molecule has 0 atom stereocenters. The second-order valence-corrected chi connectivity index (χ2v) is 7.67. The highest BCUT2D eigenvalue weighted by molar-refractivity contribution is 7.89. The Kier molecular flexibility index (Phi) is 6.76. The van der Waals surface area contributed by atoms with Gasteiger partial charge in [0.05, 0.1) is 17.7 Å². The largest absolute Gasteiger partial charge is 0.395 e. The van der Waals surface area contributed by atoms with Gasteiger partial charge in [-0.05, 0) is 56.2 Å². The van der Waals surface area contributed by atoms with E-state index in [2.05, 4.69) is 14.8 Å². The Bertz CT molecular complexity index is 862. The number of likely N-dealkylation sites (N-methyl/N-ethyl adjacent to an activating group) is 1. The van der Waals surface area contributed by atoms with Gasteiger partial charge in [-0.3, -0.25) is 0 Å². The molecule has 0 fully saturated rings. The van der Waals surface area contributed by atoms with Crippen LogP contribution in [0.4, 0.5) is 5.69 Å². The van der Waals surface area contributed by atoms with E-state index in [-0.39, 0.29) is 11.5 Å². The monoisotopic (exact) mass is 375 g/mol. The molecule has 2 N–H and O–H groups in total. The summed E-state index contributed by atoms with van der Waals surface area (Å²) in [5.74, 6) is 0. The predicted molar refractivity (Wildman–Crippen MR) is 105 cm³/mol. The van der Waals surface area contributed by atoms with Crippen LogP contribution in [0, 0.1) is 13.8 Å². The molecule has 26 heavy (non-hydrogen) atoms. The van der Waals surface area contributed by atoms with Crippen LogP contribution in [0.3, 0.4) is 0 Å². The topological polar surface area (TPSA) is 82.0 Å². The third-order valence-corrected chi connectivity index (χ3v) is 5.32. The van der Waals surface area contributed by atoms with Crippen molar-refractivity contribution in [2.45, 2.75) is 25.7 Å². The molecule has 0 spiro atoms. The molecule has 0 amide bonds. The van der Waals surface area contributed by atoms with Crippen LogP contribution in [0.15, 0.2) is 52.5 Å². The molecule has 0 heterocycles. The smallest absolute Gasteiger partial charge is 0.276 e. The maximum absolute atomic E-state index is 12.2. The van der Waals surface area contributed by atoms with Crippen molar-refractivity contribution in [2.24, 2.45) is 5.10 Å². The Balaban J connectivity index is 2.11. The Morgan fingerprint density at radius 3 is 2.42 bits per heavy atom. The molecule has 0 aromatic heterocycles. The van der Waals surface area contributed by atoms with Crippen LogP contribution in [0.2, 0.25) is 0 Å². The maximum atomic E-state index is 12.2. The fraction of sp³-hybridized carbons (Fsp3) is 0.316. The van der Waals surface area contributed by atoms with E-state index < -0.39 is 10.0 Å². The summed E-state index contributed by atoms with van der Waals surface area (Å²) in [4.78, 5) is 4.48. The molecule has 2 aromatic carbocycles. The van der Waals surface area contributed by atoms with Crippen LogP contribution in [0.5, 0.6) is 0 Å². The van der Waals surface area contributed by atoms with Crippen molar-refractivity contribution >= 4 is 21.9 Å².